The fraction of sp³-hybridized carbons (Fsp3) is 0.158. The highest BCUT2D eigenvalue weighted by Gasteiger charge is 2.28. The number of hydrogen-bond donors (Lipinski definition) is 1. The molecule has 5 rings (SSSR count). The Morgan fingerprint density at radius 2 is 1.93 bits per heavy atom. The lowest BCUT2D eigenvalue weighted by molar-refractivity contribution is 0.0984. The van der Waals surface area contributed by atoms with Crippen LogP contribution in [0, 0.1) is 6.92 Å². The molecular formula is C19H16N6O2. The Hall–Kier alpha value is -3.68. The number of benzene rings is 1. The highest BCUT2D eigenvalue weighted by molar-refractivity contribution is 6.05. The van der Waals surface area contributed by atoms with Gasteiger partial charge in [-0.1, -0.05) is 30.3 Å². The summed E-state index contributed by atoms with van der Waals surface area (Å²) in [7, 11) is 0. The molecule has 8 heteroatoms. The number of aryl methyl sites for hydroxylation is 1. The largest absolute Gasteiger partial charge is 0.290 e. The second-order valence-electron chi connectivity index (χ2n) is 6.53. The fourth-order valence-electron chi connectivity index (χ4n) is 3.43. The maximum Gasteiger partial charge on any atom is 0.277 e. The zero-order valence-corrected chi connectivity index (χ0v) is 14.6. The summed E-state index contributed by atoms with van der Waals surface area (Å²) in [6.07, 6.45) is 0. The quantitative estimate of drug-likeness (QED) is 0.591. The first-order valence-corrected chi connectivity index (χ1v) is 8.65. The summed E-state index contributed by atoms with van der Waals surface area (Å²) >= 11 is 0. The lowest BCUT2D eigenvalue weighted by Crippen LogP contribution is -2.29. The Bertz CT molecular complexity index is 1230. The summed E-state index contributed by atoms with van der Waals surface area (Å²) in [4.78, 5) is 31.6. The number of aromatic nitrogens is 5. The van der Waals surface area contributed by atoms with Crippen LogP contribution >= 0.6 is 0 Å². The van der Waals surface area contributed by atoms with E-state index in [9.17, 15) is 9.59 Å². The molecule has 0 spiro atoms. The van der Waals surface area contributed by atoms with Crippen LogP contribution in [0.5, 0.6) is 0 Å². The number of rotatable bonds is 2. The molecule has 3 aromatic heterocycles. The van der Waals surface area contributed by atoms with Crippen molar-refractivity contribution < 1.29 is 4.79 Å². The van der Waals surface area contributed by atoms with Crippen molar-refractivity contribution in [2.24, 2.45) is 0 Å². The number of carbonyl (C=O) groups excluding carboxylic acids is 1. The highest BCUT2D eigenvalue weighted by atomic mass is 16.2. The van der Waals surface area contributed by atoms with Crippen LogP contribution in [0.3, 0.4) is 0 Å². The molecule has 4 heterocycles. The van der Waals surface area contributed by atoms with Crippen LogP contribution in [0.1, 0.15) is 16.2 Å². The van der Waals surface area contributed by atoms with E-state index in [2.05, 4.69) is 15.2 Å². The molecule has 0 saturated carbocycles. The van der Waals surface area contributed by atoms with Crippen LogP contribution < -0.4 is 10.5 Å². The van der Waals surface area contributed by atoms with Gasteiger partial charge < -0.3 is 0 Å². The van der Waals surface area contributed by atoms with Crippen LogP contribution in [0.25, 0.3) is 16.9 Å². The summed E-state index contributed by atoms with van der Waals surface area (Å²) in [5.41, 5.74) is 2.76. The molecule has 0 saturated heterocycles. The minimum absolute atomic E-state index is 0.209. The lowest BCUT2D eigenvalue weighted by atomic mass is 10.1. The van der Waals surface area contributed by atoms with Crippen molar-refractivity contribution in [2.75, 3.05) is 11.4 Å². The van der Waals surface area contributed by atoms with Gasteiger partial charge in [0.2, 0.25) is 0 Å². The van der Waals surface area contributed by atoms with E-state index in [1.807, 2.05) is 48.0 Å². The summed E-state index contributed by atoms with van der Waals surface area (Å²) < 4.78 is 3.10. The number of nitrogens with one attached hydrogen (secondary N) is 1. The number of carbonyl (C=O) groups is 1. The summed E-state index contributed by atoms with van der Waals surface area (Å²) in [6, 6.07) is 14.4. The van der Waals surface area contributed by atoms with Crippen molar-refractivity contribution in [1.82, 2.24) is 24.4 Å². The second-order valence-corrected chi connectivity index (χ2v) is 6.53. The Labute approximate surface area is 153 Å². The molecule has 1 aliphatic heterocycles. The lowest BCUT2D eigenvalue weighted by Gasteiger charge is -2.12. The molecular weight excluding hydrogens is 344 g/mol. The molecule has 4 aromatic rings. The van der Waals surface area contributed by atoms with Gasteiger partial charge in [-0.2, -0.15) is 5.10 Å². The molecule has 134 valence electrons. The van der Waals surface area contributed by atoms with Crippen molar-refractivity contribution in [1.29, 1.82) is 0 Å². The number of anilines is 1. The van der Waals surface area contributed by atoms with Gasteiger partial charge in [-0.15, -0.1) is 0 Å². The van der Waals surface area contributed by atoms with E-state index in [1.54, 1.807) is 11.0 Å². The molecule has 0 aliphatic carbocycles. The van der Waals surface area contributed by atoms with Gasteiger partial charge >= 0.3 is 0 Å². The number of nitrogens with zero attached hydrogens (tertiary/aromatic N) is 5. The van der Waals surface area contributed by atoms with Crippen molar-refractivity contribution >= 4 is 17.4 Å². The highest BCUT2D eigenvalue weighted by Crippen LogP contribution is 2.24. The third-order valence-electron chi connectivity index (χ3n) is 4.69. The van der Waals surface area contributed by atoms with Crippen LogP contribution in [-0.4, -0.2) is 36.8 Å². The maximum absolute atomic E-state index is 13.0. The molecule has 0 bridgehead atoms. The first-order chi connectivity index (χ1) is 13.1. The van der Waals surface area contributed by atoms with E-state index >= 15 is 0 Å². The van der Waals surface area contributed by atoms with Crippen molar-refractivity contribution in [3.8, 4) is 11.3 Å². The van der Waals surface area contributed by atoms with Gasteiger partial charge in [-0.3, -0.25) is 19.6 Å². The van der Waals surface area contributed by atoms with E-state index in [0.717, 1.165) is 17.1 Å². The monoisotopic (exact) mass is 360 g/mol. The molecule has 1 amide bonds. The minimum atomic E-state index is -0.264. The summed E-state index contributed by atoms with van der Waals surface area (Å²) in [5.74, 6) is 0.557. The first-order valence-electron chi connectivity index (χ1n) is 8.65. The first kappa shape index (κ1) is 15.6. The number of amides is 1. The molecule has 1 N–H and O–H groups in total. The second kappa shape index (κ2) is 5.66. The normalized spacial score (nSPS) is 13.3. The third kappa shape index (κ3) is 2.45. The fourth-order valence-corrected chi connectivity index (χ4v) is 3.43. The van der Waals surface area contributed by atoms with Gasteiger partial charge in [0.25, 0.3) is 11.5 Å². The Kier molecular flexibility index (Phi) is 3.27. The molecule has 8 nitrogen and oxygen atoms in total. The van der Waals surface area contributed by atoms with E-state index in [1.165, 1.54) is 10.6 Å². The van der Waals surface area contributed by atoms with Crippen molar-refractivity contribution in [3.63, 3.8) is 0 Å². The predicted molar refractivity (Wildman–Crippen MR) is 99.9 cm³/mol. The van der Waals surface area contributed by atoms with Crippen LogP contribution in [0.4, 0.5) is 5.82 Å². The van der Waals surface area contributed by atoms with Gasteiger partial charge in [0.05, 0.1) is 17.9 Å². The zero-order chi connectivity index (χ0) is 18.5. The maximum atomic E-state index is 13.0. The van der Waals surface area contributed by atoms with Gasteiger partial charge in [0.15, 0.2) is 5.65 Å². The standard InChI is InChI=1S/C19H16N6O2/c1-12-9-17-23(7-8-24(17)21-12)19(27)15-10-16-20-14(11-18(26)25(16)22-15)13-5-3-2-4-6-13/h2-6,9-11,22H,7-8H2,1H3. The van der Waals surface area contributed by atoms with Crippen LogP contribution in [0.15, 0.2) is 53.3 Å². The van der Waals surface area contributed by atoms with Crippen molar-refractivity contribution in [2.45, 2.75) is 13.5 Å². The Morgan fingerprint density at radius 3 is 2.74 bits per heavy atom. The number of fused-ring (bicyclic) bond motifs is 2. The van der Waals surface area contributed by atoms with E-state index < -0.39 is 0 Å². The minimum Gasteiger partial charge on any atom is -0.290 e. The van der Waals surface area contributed by atoms with Gasteiger partial charge in [-0.05, 0) is 6.92 Å². The van der Waals surface area contributed by atoms with Gasteiger partial charge in [0, 0.05) is 30.3 Å². The van der Waals surface area contributed by atoms with Gasteiger partial charge in [-0.25, -0.2) is 14.2 Å². The van der Waals surface area contributed by atoms with Gasteiger partial charge in [0.1, 0.15) is 11.5 Å². The summed E-state index contributed by atoms with van der Waals surface area (Å²) in [6.45, 7) is 3.10. The summed E-state index contributed by atoms with van der Waals surface area (Å²) in [5, 5.41) is 7.24. The van der Waals surface area contributed by atoms with Crippen LogP contribution in [-0.2, 0) is 6.54 Å². The molecule has 1 aliphatic rings. The Balaban J connectivity index is 1.56. The number of H-pyrrole nitrogens is 1. The third-order valence-corrected chi connectivity index (χ3v) is 4.69. The average molecular weight is 360 g/mol. The Morgan fingerprint density at radius 1 is 1.11 bits per heavy atom. The predicted octanol–water partition coefficient (Wildman–Crippen LogP) is 1.85. The molecule has 0 radical (unpaired) electrons. The smallest absolute Gasteiger partial charge is 0.277 e. The molecule has 1 aromatic carbocycles. The van der Waals surface area contributed by atoms with E-state index in [0.29, 0.717) is 30.1 Å². The number of aromatic amines is 1. The van der Waals surface area contributed by atoms with E-state index in [-0.39, 0.29) is 11.5 Å². The van der Waals surface area contributed by atoms with Crippen LogP contribution in [0.2, 0.25) is 0 Å². The molecule has 0 atom stereocenters. The SMILES string of the molecule is Cc1cc2n(n1)CCN2C(=O)c1cc2nc(-c3ccccc3)cc(=O)n2[nH]1. The average Bonchev–Trinajstić information content (AvgIpc) is 3.35. The topological polar surface area (TPSA) is 88.3 Å². The van der Waals surface area contributed by atoms with E-state index in [4.69, 9.17) is 0 Å². The molecule has 0 fully saturated rings. The van der Waals surface area contributed by atoms with Crippen molar-refractivity contribution in [3.05, 3.63) is 70.3 Å². The molecule has 0 unspecified atom stereocenters. The molecule has 27 heavy (non-hydrogen) atoms. The number of hydrogen-bond acceptors (Lipinski definition) is 4. The zero-order valence-electron chi connectivity index (χ0n) is 14.6.